The number of carboxylic acid groups (broad SMARTS) is 1. The summed E-state index contributed by atoms with van der Waals surface area (Å²) >= 11 is 5.18. The molecule has 2 aliphatic heterocycles. The molecule has 5 rings (SSSR count). The minimum atomic E-state index is -0.947. The summed E-state index contributed by atoms with van der Waals surface area (Å²) in [6.07, 6.45) is 1.85. The summed E-state index contributed by atoms with van der Waals surface area (Å²) in [5.74, 6) is 13.9. The lowest BCUT2D eigenvalue weighted by Gasteiger charge is -2.24. The van der Waals surface area contributed by atoms with Gasteiger partial charge in [0, 0.05) is 52.2 Å². The van der Waals surface area contributed by atoms with E-state index in [0.29, 0.717) is 12.2 Å². The van der Waals surface area contributed by atoms with E-state index in [1.807, 2.05) is 26.0 Å². The molecule has 1 aromatic carbocycles. The number of carbonyl (C=O) groups is 1. The SMILES string of the molecule is CCC(Oc1ccc(SCC=C(c2ccc(C#CCN3CCOCC3)s2)c2ccc(C#CCN3CCOCC3)s2)cc1C)C(=O)O. The molecule has 0 saturated carbocycles. The summed E-state index contributed by atoms with van der Waals surface area (Å²) in [5, 5.41) is 9.37. The average Bonchev–Trinajstić information content (AvgIpc) is 3.74. The fourth-order valence-electron chi connectivity index (χ4n) is 4.94. The van der Waals surface area contributed by atoms with Gasteiger partial charge in [0.25, 0.3) is 0 Å². The Kier molecular flexibility index (Phi) is 13.2. The number of hydrogen-bond acceptors (Lipinski definition) is 9. The van der Waals surface area contributed by atoms with E-state index in [1.54, 1.807) is 34.4 Å². The van der Waals surface area contributed by atoms with Crippen molar-refractivity contribution in [3.05, 3.63) is 73.6 Å². The largest absolute Gasteiger partial charge is 0.479 e. The fraction of sp³-hybridized carbons (Fsp3) is 0.417. The predicted octanol–water partition coefficient (Wildman–Crippen LogP) is 5.95. The van der Waals surface area contributed by atoms with Crippen LogP contribution in [0.25, 0.3) is 5.57 Å². The van der Waals surface area contributed by atoms with E-state index in [0.717, 1.165) is 91.7 Å². The van der Waals surface area contributed by atoms with Gasteiger partial charge in [0.2, 0.25) is 0 Å². The highest BCUT2D eigenvalue weighted by molar-refractivity contribution is 7.99. The summed E-state index contributed by atoms with van der Waals surface area (Å²) in [4.78, 5) is 21.7. The number of rotatable bonds is 11. The Morgan fingerprint density at radius 1 is 0.935 bits per heavy atom. The molecule has 1 N–H and O–H groups in total. The van der Waals surface area contributed by atoms with Crippen molar-refractivity contribution < 1.29 is 24.1 Å². The maximum absolute atomic E-state index is 11.4. The number of aliphatic carboxylic acids is 1. The van der Waals surface area contributed by atoms with Crippen molar-refractivity contribution in [1.82, 2.24) is 9.80 Å². The van der Waals surface area contributed by atoms with Crippen LogP contribution in [0.2, 0.25) is 0 Å². The lowest BCUT2D eigenvalue weighted by molar-refractivity contribution is -0.145. The molecule has 10 heteroatoms. The van der Waals surface area contributed by atoms with Gasteiger partial charge in [-0.15, -0.1) is 34.4 Å². The van der Waals surface area contributed by atoms with Gasteiger partial charge in [-0.25, -0.2) is 4.79 Å². The maximum atomic E-state index is 11.4. The van der Waals surface area contributed by atoms with Crippen molar-refractivity contribution in [2.45, 2.75) is 31.3 Å². The zero-order valence-electron chi connectivity index (χ0n) is 26.4. The van der Waals surface area contributed by atoms with E-state index in [-0.39, 0.29) is 0 Å². The molecular formula is C36H40N2O5S3. The highest BCUT2D eigenvalue weighted by Crippen LogP contribution is 2.35. The van der Waals surface area contributed by atoms with E-state index < -0.39 is 12.1 Å². The molecule has 0 bridgehead atoms. The first-order chi connectivity index (χ1) is 22.5. The second kappa shape index (κ2) is 17.7. The lowest BCUT2D eigenvalue weighted by Crippen LogP contribution is -2.36. The van der Waals surface area contributed by atoms with E-state index in [2.05, 4.69) is 69.9 Å². The van der Waals surface area contributed by atoms with Gasteiger partial charge in [0.15, 0.2) is 6.10 Å². The number of ether oxygens (including phenoxy) is 3. The number of thiophene rings is 2. The van der Waals surface area contributed by atoms with E-state index in [9.17, 15) is 9.90 Å². The van der Waals surface area contributed by atoms with E-state index in [1.165, 1.54) is 15.3 Å². The van der Waals surface area contributed by atoms with Crippen molar-refractivity contribution >= 4 is 46.0 Å². The van der Waals surface area contributed by atoms with Gasteiger partial charge >= 0.3 is 5.97 Å². The minimum Gasteiger partial charge on any atom is -0.479 e. The van der Waals surface area contributed by atoms with Crippen molar-refractivity contribution in [3.63, 3.8) is 0 Å². The van der Waals surface area contributed by atoms with Crippen LogP contribution in [0.4, 0.5) is 0 Å². The zero-order valence-corrected chi connectivity index (χ0v) is 28.8. The Hall–Kier alpha value is -3.06. The number of nitrogens with zero attached hydrogens (tertiary/aromatic N) is 2. The van der Waals surface area contributed by atoms with Crippen LogP contribution in [0.15, 0.2) is 53.4 Å². The van der Waals surface area contributed by atoms with Crippen molar-refractivity contribution in [2.24, 2.45) is 0 Å². The lowest BCUT2D eigenvalue weighted by atomic mass is 10.2. The van der Waals surface area contributed by atoms with Gasteiger partial charge in [0.05, 0.1) is 49.3 Å². The van der Waals surface area contributed by atoms with Gasteiger partial charge in [-0.05, 0) is 61.4 Å². The predicted molar refractivity (Wildman–Crippen MR) is 188 cm³/mol. The quantitative estimate of drug-likeness (QED) is 0.198. The Labute approximate surface area is 284 Å². The van der Waals surface area contributed by atoms with Gasteiger partial charge in [-0.2, -0.15) is 0 Å². The number of hydrogen-bond donors (Lipinski definition) is 1. The maximum Gasteiger partial charge on any atom is 0.344 e. The molecule has 0 amide bonds. The first-order valence-electron chi connectivity index (χ1n) is 15.6. The molecule has 0 spiro atoms. The van der Waals surface area contributed by atoms with Crippen LogP contribution in [-0.2, 0) is 14.3 Å². The van der Waals surface area contributed by atoms with E-state index in [4.69, 9.17) is 14.2 Å². The van der Waals surface area contributed by atoms with Crippen LogP contribution < -0.4 is 4.74 Å². The number of morpholine rings is 2. The van der Waals surface area contributed by atoms with Gasteiger partial charge in [0.1, 0.15) is 5.75 Å². The summed E-state index contributed by atoms with van der Waals surface area (Å²) in [6.45, 7) is 12.1. The first kappa shape index (κ1) is 34.3. The third-order valence-electron chi connectivity index (χ3n) is 7.58. The van der Waals surface area contributed by atoms with Crippen LogP contribution >= 0.6 is 34.4 Å². The molecule has 2 aromatic heterocycles. The zero-order chi connectivity index (χ0) is 32.1. The van der Waals surface area contributed by atoms with Crippen molar-refractivity contribution in [2.75, 3.05) is 71.4 Å². The van der Waals surface area contributed by atoms with Gasteiger partial charge in [-0.3, -0.25) is 9.80 Å². The molecule has 2 fully saturated rings. The molecular weight excluding hydrogens is 637 g/mol. The van der Waals surface area contributed by atoms with Crippen LogP contribution in [0.5, 0.6) is 5.75 Å². The van der Waals surface area contributed by atoms with Crippen molar-refractivity contribution in [1.29, 1.82) is 0 Å². The third kappa shape index (κ3) is 10.2. The molecule has 0 aliphatic carbocycles. The highest BCUT2D eigenvalue weighted by Gasteiger charge is 2.18. The standard InChI is InChI=1S/C36H40N2O5S3/c1-3-32(36(39)40)43-33-11-8-30(26-27(33)2)44-25-14-31(34-12-9-28(45-34)6-4-15-37-17-21-41-22-18-37)35-13-10-29(46-35)7-5-16-38-19-23-42-24-20-38/h8-14,26,32H,3,15-25H2,1-2H3,(H,39,40). The topological polar surface area (TPSA) is 71.5 Å². The molecule has 2 aliphatic rings. The molecule has 7 nitrogen and oxygen atoms in total. The minimum absolute atomic E-state index is 0.409. The van der Waals surface area contributed by atoms with E-state index >= 15 is 0 Å². The average molecular weight is 677 g/mol. The number of thioether (sulfide) groups is 1. The van der Waals surface area contributed by atoms with Crippen LogP contribution in [0.3, 0.4) is 0 Å². The Morgan fingerprint density at radius 2 is 1.50 bits per heavy atom. The molecule has 1 unspecified atom stereocenters. The normalized spacial score (nSPS) is 16.0. The van der Waals surface area contributed by atoms with Crippen molar-refractivity contribution in [3.8, 4) is 29.4 Å². The first-order valence-corrected chi connectivity index (χ1v) is 18.2. The third-order valence-corrected chi connectivity index (χ3v) is 10.6. The molecule has 242 valence electrons. The van der Waals surface area contributed by atoms with Gasteiger partial charge < -0.3 is 19.3 Å². The highest BCUT2D eigenvalue weighted by atomic mass is 32.2. The number of aryl methyl sites for hydroxylation is 1. The van der Waals surface area contributed by atoms with Gasteiger partial charge in [-0.1, -0.05) is 36.7 Å². The summed E-state index contributed by atoms with van der Waals surface area (Å²) in [7, 11) is 0. The molecule has 3 aromatic rings. The van der Waals surface area contributed by atoms with Crippen LogP contribution in [-0.4, -0.2) is 98.4 Å². The Bertz CT molecular complexity index is 1530. The number of benzene rings is 1. The number of carboxylic acids is 1. The van der Waals surface area contributed by atoms with Crippen LogP contribution in [0, 0.1) is 30.6 Å². The fourth-order valence-corrected chi connectivity index (χ4v) is 7.75. The second-order valence-corrected chi connectivity index (χ2v) is 14.2. The van der Waals surface area contributed by atoms with Crippen LogP contribution in [0.1, 0.15) is 38.4 Å². The monoisotopic (exact) mass is 676 g/mol. The smallest absolute Gasteiger partial charge is 0.344 e. The Morgan fingerprint density at radius 3 is 2.00 bits per heavy atom. The Balaban J connectivity index is 1.30. The molecule has 4 heterocycles. The summed E-state index contributed by atoms with van der Waals surface area (Å²) in [5.41, 5.74) is 2.11. The summed E-state index contributed by atoms with van der Waals surface area (Å²) < 4.78 is 16.6. The second-order valence-electron chi connectivity index (χ2n) is 10.9. The molecule has 46 heavy (non-hydrogen) atoms. The molecule has 1 atom stereocenters. The summed E-state index contributed by atoms with van der Waals surface area (Å²) in [6, 6.07) is 14.5. The molecule has 0 radical (unpaired) electrons. The molecule has 2 saturated heterocycles.